The lowest BCUT2D eigenvalue weighted by atomic mass is 9.86. The van der Waals surface area contributed by atoms with Gasteiger partial charge in [0.1, 0.15) is 5.60 Å². The molecule has 1 aliphatic heterocycles. The number of carbonyl (C=O) groups is 1. The van der Waals surface area contributed by atoms with E-state index in [1.165, 1.54) is 0 Å². The second-order valence-electron chi connectivity index (χ2n) is 5.63. The quantitative estimate of drug-likeness (QED) is 0.682. The summed E-state index contributed by atoms with van der Waals surface area (Å²) in [6.45, 7) is 8.82. The van der Waals surface area contributed by atoms with Crippen molar-refractivity contribution in [1.82, 2.24) is 10.6 Å². The third kappa shape index (κ3) is 5.37. The zero-order valence-corrected chi connectivity index (χ0v) is 11.1. The molecule has 1 aliphatic rings. The Morgan fingerprint density at radius 2 is 2.18 bits per heavy atom. The molecule has 0 radical (unpaired) electrons. The number of rotatable bonds is 3. The van der Waals surface area contributed by atoms with Crippen LogP contribution in [0.4, 0.5) is 4.79 Å². The third-order valence-electron chi connectivity index (χ3n) is 2.98. The van der Waals surface area contributed by atoms with Gasteiger partial charge in [0.25, 0.3) is 0 Å². The zero-order valence-electron chi connectivity index (χ0n) is 11.1. The predicted molar refractivity (Wildman–Crippen MR) is 67.8 cm³/mol. The van der Waals surface area contributed by atoms with Crippen LogP contribution in [0.2, 0.25) is 0 Å². The lowest BCUT2D eigenvalue weighted by molar-refractivity contribution is 0.0509. The molecular weight excluding hydrogens is 218 g/mol. The predicted octanol–water partition coefficient (Wildman–Crippen LogP) is 0.696. The van der Waals surface area contributed by atoms with E-state index in [1.54, 1.807) is 0 Å². The van der Waals surface area contributed by atoms with Gasteiger partial charge in [-0.3, -0.25) is 0 Å². The minimum Gasteiger partial charge on any atom is -0.444 e. The molecule has 0 spiro atoms. The van der Waals surface area contributed by atoms with E-state index < -0.39 is 5.60 Å². The Labute approximate surface area is 103 Å². The van der Waals surface area contributed by atoms with E-state index in [-0.39, 0.29) is 6.09 Å². The topological polar surface area (TPSA) is 76.4 Å². The van der Waals surface area contributed by atoms with Crippen LogP contribution in [-0.4, -0.2) is 37.9 Å². The van der Waals surface area contributed by atoms with Crippen LogP contribution in [0.1, 0.15) is 27.2 Å². The molecule has 1 heterocycles. The van der Waals surface area contributed by atoms with Crippen LogP contribution >= 0.6 is 0 Å². The van der Waals surface area contributed by atoms with Crippen LogP contribution in [-0.2, 0) is 4.74 Å². The largest absolute Gasteiger partial charge is 0.444 e. The van der Waals surface area contributed by atoms with Crippen molar-refractivity contribution in [3.63, 3.8) is 0 Å². The van der Waals surface area contributed by atoms with Crippen LogP contribution in [0.5, 0.6) is 0 Å². The Hall–Kier alpha value is -0.810. The number of ether oxygens (including phenoxy) is 1. The number of hydrogen-bond acceptors (Lipinski definition) is 4. The van der Waals surface area contributed by atoms with Gasteiger partial charge in [-0.2, -0.15) is 0 Å². The van der Waals surface area contributed by atoms with Crippen LogP contribution in [0, 0.1) is 11.8 Å². The van der Waals surface area contributed by atoms with Gasteiger partial charge in [-0.1, -0.05) is 0 Å². The Morgan fingerprint density at radius 1 is 1.47 bits per heavy atom. The van der Waals surface area contributed by atoms with Crippen molar-refractivity contribution in [3.8, 4) is 0 Å². The summed E-state index contributed by atoms with van der Waals surface area (Å²) in [5, 5.41) is 6.14. The molecule has 1 saturated heterocycles. The average molecular weight is 243 g/mol. The molecule has 4 N–H and O–H groups in total. The molecular formula is C12H25N3O2. The van der Waals surface area contributed by atoms with E-state index >= 15 is 0 Å². The van der Waals surface area contributed by atoms with E-state index in [2.05, 4.69) is 10.6 Å². The fraction of sp³-hybridized carbons (Fsp3) is 0.917. The van der Waals surface area contributed by atoms with Crippen LogP contribution < -0.4 is 16.4 Å². The number of carbonyl (C=O) groups excluding carboxylic acids is 1. The molecule has 0 saturated carbocycles. The number of amides is 1. The van der Waals surface area contributed by atoms with Gasteiger partial charge in [-0.25, -0.2) is 4.79 Å². The molecule has 0 aromatic carbocycles. The number of hydrogen-bond donors (Lipinski definition) is 3. The van der Waals surface area contributed by atoms with Crippen molar-refractivity contribution in [2.24, 2.45) is 17.6 Å². The fourth-order valence-corrected chi connectivity index (χ4v) is 2.06. The van der Waals surface area contributed by atoms with Crippen LogP contribution in [0.25, 0.3) is 0 Å². The summed E-state index contributed by atoms with van der Waals surface area (Å²) in [6, 6.07) is 0. The summed E-state index contributed by atoms with van der Waals surface area (Å²) in [6.07, 6.45) is 0.732. The molecule has 2 atom stereocenters. The number of nitrogens with one attached hydrogen (secondary N) is 2. The minimum absolute atomic E-state index is 0.348. The molecule has 17 heavy (non-hydrogen) atoms. The standard InChI is InChI=1S/C12H25N3O2/c1-12(2,3)17-11(16)15-8-10-7-14-5-4-9(10)6-13/h9-10,14H,4-8,13H2,1-3H3,(H,15,16)/t9-,10-/m0/s1. The van der Waals surface area contributed by atoms with Gasteiger partial charge >= 0.3 is 6.09 Å². The summed E-state index contributed by atoms with van der Waals surface area (Å²) in [5.74, 6) is 0.896. The van der Waals surface area contributed by atoms with Gasteiger partial charge in [-0.05, 0) is 58.7 Å². The van der Waals surface area contributed by atoms with Crippen molar-refractivity contribution < 1.29 is 9.53 Å². The molecule has 0 aromatic rings. The van der Waals surface area contributed by atoms with E-state index in [0.717, 1.165) is 19.5 Å². The normalized spacial score (nSPS) is 25.4. The van der Waals surface area contributed by atoms with Gasteiger partial charge in [0, 0.05) is 6.54 Å². The van der Waals surface area contributed by atoms with Gasteiger partial charge in [0.15, 0.2) is 0 Å². The molecule has 1 amide bonds. The first kappa shape index (κ1) is 14.3. The smallest absolute Gasteiger partial charge is 0.407 e. The summed E-state index contributed by atoms with van der Waals surface area (Å²) in [5.41, 5.74) is 5.29. The van der Waals surface area contributed by atoms with Gasteiger partial charge in [0.2, 0.25) is 0 Å². The molecule has 100 valence electrons. The van der Waals surface area contributed by atoms with Crippen molar-refractivity contribution in [1.29, 1.82) is 0 Å². The minimum atomic E-state index is -0.442. The van der Waals surface area contributed by atoms with Crippen molar-refractivity contribution in [2.45, 2.75) is 32.8 Å². The highest BCUT2D eigenvalue weighted by atomic mass is 16.6. The summed E-state index contributed by atoms with van der Waals surface area (Å²) in [7, 11) is 0. The lowest BCUT2D eigenvalue weighted by Crippen LogP contribution is -2.46. The van der Waals surface area contributed by atoms with Crippen molar-refractivity contribution in [3.05, 3.63) is 0 Å². The Morgan fingerprint density at radius 3 is 2.76 bits per heavy atom. The Bertz CT molecular complexity index is 251. The molecule has 5 heteroatoms. The summed E-state index contributed by atoms with van der Waals surface area (Å²) < 4.78 is 5.20. The third-order valence-corrected chi connectivity index (χ3v) is 2.98. The Balaban J connectivity index is 2.31. The zero-order chi connectivity index (χ0) is 12.9. The molecule has 0 aliphatic carbocycles. The molecule has 1 fully saturated rings. The average Bonchev–Trinajstić information content (AvgIpc) is 2.24. The van der Waals surface area contributed by atoms with E-state index in [1.807, 2.05) is 20.8 Å². The highest BCUT2D eigenvalue weighted by molar-refractivity contribution is 5.67. The van der Waals surface area contributed by atoms with Crippen molar-refractivity contribution >= 4 is 6.09 Å². The molecule has 0 aromatic heterocycles. The lowest BCUT2D eigenvalue weighted by Gasteiger charge is -2.31. The Kier molecular flexibility index (Phi) is 5.21. The van der Waals surface area contributed by atoms with Gasteiger partial charge < -0.3 is 21.1 Å². The molecule has 5 nitrogen and oxygen atoms in total. The second-order valence-corrected chi connectivity index (χ2v) is 5.63. The highest BCUT2D eigenvalue weighted by Crippen LogP contribution is 2.17. The second kappa shape index (κ2) is 6.21. The number of nitrogens with two attached hydrogens (primary N) is 1. The first-order valence-electron chi connectivity index (χ1n) is 6.30. The van der Waals surface area contributed by atoms with Gasteiger partial charge in [0.05, 0.1) is 0 Å². The van der Waals surface area contributed by atoms with Crippen LogP contribution in [0.15, 0.2) is 0 Å². The van der Waals surface area contributed by atoms with E-state index in [4.69, 9.17) is 10.5 Å². The SMILES string of the molecule is CC(C)(C)OC(=O)NC[C@@H]1CNCC[C@H]1CN. The van der Waals surface area contributed by atoms with Crippen LogP contribution in [0.3, 0.4) is 0 Å². The molecule has 0 unspecified atom stereocenters. The summed E-state index contributed by atoms with van der Waals surface area (Å²) >= 11 is 0. The maximum atomic E-state index is 11.5. The fourth-order valence-electron chi connectivity index (χ4n) is 2.06. The van der Waals surface area contributed by atoms with E-state index in [9.17, 15) is 4.79 Å². The van der Waals surface area contributed by atoms with E-state index in [0.29, 0.717) is 24.9 Å². The maximum absolute atomic E-state index is 11.5. The first-order chi connectivity index (χ1) is 7.92. The number of alkyl carbamates (subject to hydrolysis) is 1. The number of piperidine rings is 1. The van der Waals surface area contributed by atoms with Gasteiger partial charge in [-0.15, -0.1) is 0 Å². The maximum Gasteiger partial charge on any atom is 0.407 e. The summed E-state index contributed by atoms with van der Waals surface area (Å²) in [4.78, 5) is 11.5. The van der Waals surface area contributed by atoms with Crippen molar-refractivity contribution in [2.75, 3.05) is 26.2 Å². The molecule has 0 bridgehead atoms. The monoisotopic (exact) mass is 243 g/mol. The highest BCUT2D eigenvalue weighted by Gasteiger charge is 2.25. The molecule has 1 rings (SSSR count). The first-order valence-corrected chi connectivity index (χ1v) is 6.30.